The summed E-state index contributed by atoms with van der Waals surface area (Å²) in [5.74, 6) is -1.15. The van der Waals surface area contributed by atoms with Crippen LogP contribution < -0.4 is 0 Å². The summed E-state index contributed by atoms with van der Waals surface area (Å²) in [6.07, 6.45) is -9.61. The van der Waals surface area contributed by atoms with Crippen molar-refractivity contribution < 1.29 is 35.9 Å². The summed E-state index contributed by atoms with van der Waals surface area (Å²) in [6, 6.07) is 19.4. The van der Waals surface area contributed by atoms with E-state index in [1.165, 1.54) is 4.90 Å². The molecular weight excluding hydrogens is 560 g/mol. The Labute approximate surface area is 239 Å². The maximum absolute atomic E-state index is 13.4. The van der Waals surface area contributed by atoms with Crippen molar-refractivity contribution in [2.45, 2.75) is 30.7 Å². The van der Waals surface area contributed by atoms with Crippen LogP contribution in [0.2, 0.25) is 0 Å². The third-order valence-corrected chi connectivity index (χ3v) is 8.02. The second-order valence-electron chi connectivity index (χ2n) is 10.6. The number of carbonyl (C=O) groups excluding carboxylic acids is 2. The van der Waals surface area contributed by atoms with Crippen molar-refractivity contribution in [1.29, 1.82) is 0 Å². The fraction of sp³-hybridized carbons (Fsp3) is 0.355. The Bertz CT molecular complexity index is 1370. The molecule has 11 heteroatoms. The molecule has 2 fully saturated rings. The number of halogens is 6. The van der Waals surface area contributed by atoms with Crippen LogP contribution in [0.3, 0.4) is 0 Å². The number of benzene rings is 3. The Balaban J connectivity index is 1.35. The summed E-state index contributed by atoms with van der Waals surface area (Å²) in [5.41, 5.74) is -2.14. The number of rotatable bonds is 4. The Kier molecular flexibility index (Phi) is 8.32. The number of hydrogen-bond acceptors (Lipinski definition) is 3. The van der Waals surface area contributed by atoms with Crippen molar-refractivity contribution >= 4 is 11.8 Å². The number of amides is 2. The van der Waals surface area contributed by atoms with Crippen LogP contribution in [0.25, 0.3) is 0 Å². The molecule has 2 heterocycles. The zero-order valence-electron chi connectivity index (χ0n) is 22.5. The quantitative estimate of drug-likeness (QED) is 0.342. The number of alkyl halides is 6. The number of piperazine rings is 1. The van der Waals surface area contributed by atoms with Gasteiger partial charge in [-0.05, 0) is 42.3 Å². The molecule has 0 aliphatic carbocycles. The van der Waals surface area contributed by atoms with Crippen molar-refractivity contribution in [3.05, 3.63) is 107 Å². The summed E-state index contributed by atoms with van der Waals surface area (Å²) in [6.45, 7) is 2.53. The van der Waals surface area contributed by atoms with Gasteiger partial charge in [-0.2, -0.15) is 26.3 Å². The molecule has 5 rings (SSSR count). The summed E-state index contributed by atoms with van der Waals surface area (Å²) in [4.78, 5) is 31.7. The molecule has 2 unspecified atom stereocenters. The molecule has 5 nitrogen and oxygen atoms in total. The van der Waals surface area contributed by atoms with Crippen LogP contribution in [-0.2, 0) is 12.4 Å². The third kappa shape index (κ3) is 6.46. The average molecular weight is 590 g/mol. The van der Waals surface area contributed by atoms with Crippen molar-refractivity contribution in [2.24, 2.45) is 0 Å². The van der Waals surface area contributed by atoms with Gasteiger partial charge in [0, 0.05) is 62.4 Å². The molecule has 0 aromatic heterocycles. The van der Waals surface area contributed by atoms with E-state index in [0.29, 0.717) is 50.3 Å². The predicted molar refractivity (Wildman–Crippen MR) is 144 cm³/mol. The van der Waals surface area contributed by atoms with E-state index in [1.807, 2.05) is 48.5 Å². The molecule has 0 N–H and O–H groups in total. The zero-order chi connectivity index (χ0) is 30.1. The van der Waals surface area contributed by atoms with Gasteiger partial charge in [0.1, 0.15) is 0 Å². The Morgan fingerprint density at radius 2 is 1.14 bits per heavy atom. The molecule has 2 aliphatic rings. The SMILES string of the molecule is O=C(c1ccccc1)N1CCN(C2CCN(C(=O)c3cc(C(F)(F)F)cc(C(F)(F)F)c3)CC2c2ccccc2)CC1. The minimum absolute atomic E-state index is 0.0258. The van der Waals surface area contributed by atoms with E-state index >= 15 is 0 Å². The van der Waals surface area contributed by atoms with E-state index in [4.69, 9.17) is 0 Å². The predicted octanol–water partition coefficient (Wildman–Crippen LogP) is 6.18. The molecule has 0 bridgehead atoms. The largest absolute Gasteiger partial charge is 0.416 e. The first-order valence-corrected chi connectivity index (χ1v) is 13.6. The lowest BCUT2D eigenvalue weighted by Crippen LogP contribution is -2.57. The molecule has 0 spiro atoms. The highest BCUT2D eigenvalue weighted by molar-refractivity contribution is 5.95. The van der Waals surface area contributed by atoms with Gasteiger partial charge in [-0.1, -0.05) is 48.5 Å². The van der Waals surface area contributed by atoms with E-state index in [1.54, 1.807) is 17.0 Å². The normalized spacial score (nSPS) is 20.4. The molecule has 222 valence electrons. The molecule has 2 atom stereocenters. The number of likely N-dealkylation sites (tertiary alicyclic amines) is 1. The van der Waals surface area contributed by atoms with E-state index in [9.17, 15) is 35.9 Å². The number of nitrogens with zero attached hydrogens (tertiary/aromatic N) is 3. The molecule has 42 heavy (non-hydrogen) atoms. The van der Waals surface area contributed by atoms with Crippen molar-refractivity contribution in [3.63, 3.8) is 0 Å². The minimum atomic E-state index is -5.04. The van der Waals surface area contributed by atoms with Gasteiger partial charge in [-0.25, -0.2) is 0 Å². The number of piperidine rings is 1. The van der Waals surface area contributed by atoms with E-state index in [-0.39, 0.29) is 37.0 Å². The first kappa shape index (κ1) is 29.6. The van der Waals surface area contributed by atoms with Gasteiger partial charge in [-0.15, -0.1) is 0 Å². The summed E-state index contributed by atoms with van der Waals surface area (Å²) >= 11 is 0. The first-order valence-electron chi connectivity index (χ1n) is 13.6. The molecule has 2 saturated heterocycles. The molecule has 2 aliphatic heterocycles. The van der Waals surface area contributed by atoms with Gasteiger partial charge in [0.15, 0.2) is 0 Å². The lowest BCUT2D eigenvalue weighted by atomic mass is 9.84. The van der Waals surface area contributed by atoms with Gasteiger partial charge < -0.3 is 9.80 Å². The van der Waals surface area contributed by atoms with E-state index in [2.05, 4.69) is 4.90 Å². The highest BCUT2D eigenvalue weighted by Crippen LogP contribution is 2.38. The summed E-state index contributed by atoms with van der Waals surface area (Å²) in [7, 11) is 0. The highest BCUT2D eigenvalue weighted by Gasteiger charge is 2.40. The fourth-order valence-electron chi connectivity index (χ4n) is 5.87. The second-order valence-corrected chi connectivity index (χ2v) is 10.6. The van der Waals surface area contributed by atoms with Gasteiger partial charge in [0.05, 0.1) is 11.1 Å². The smallest absolute Gasteiger partial charge is 0.338 e. The highest BCUT2D eigenvalue weighted by atomic mass is 19.4. The van der Waals surface area contributed by atoms with E-state index < -0.39 is 35.0 Å². The van der Waals surface area contributed by atoms with Gasteiger partial charge in [0.25, 0.3) is 11.8 Å². The molecule has 2 amide bonds. The third-order valence-electron chi connectivity index (χ3n) is 8.02. The average Bonchev–Trinajstić information content (AvgIpc) is 3.00. The molecule has 3 aromatic rings. The lowest BCUT2D eigenvalue weighted by Gasteiger charge is -2.47. The molecule has 0 radical (unpaired) electrons. The molecular formula is C31H29F6N3O2. The van der Waals surface area contributed by atoms with Crippen LogP contribution in [0.5, 0.6) is 0 Å². The zero-order valence-corrected chi connectivity index (χ0v) is 22.5. The number of hydrogen-bond donors (Lipinski definition) is 0. The standard InChI is InChI=1S/C31H29F6N3O2/c32-30(33,34)24-17-23(18-25(19-24)31(35,36)37)29(42)40-12-11-27(26(20-40)21-7-3-1-4-8-21)38-13-15-39(16-14-38)28(41)22-9-5-2-6-10-22/h1-10,17-19,26-27H,11-16,20H2. The van der Waals surface area contributed by atoms with Gasteiger partial charge in [0.2, 0.25) is 0 Å². The maximum atomic E-state index is 13.4. The lowest BCUT2D eigenvalue weighted by molar-refractivity contribution is -0.143. The fourth-order valence-corrected chi connectivity index (χ4v) is 5.87. The van der Waals surface area contributed by atoms with Crippen LogP contribution in [0.1, 0.15) is 49.7 Å². The molecule has 3 aromatic carbocycles. The van der Waals surface area contributed by atoms with Crippen molar-refractivity contribution in [1.82, 2.24) is 14.7 Å². The first-order chi connectivity index (χ1) is 19.9. The minimum Gasteiger partial charge on any atom is -0.338 e. The topological polar surface area (TPSA) is 43.9 Å². The van der Waals surface area contributed by atoms with Crippen molar-refractivity contribution in [3.8, 4) is 0 Å². The summed E-state index contributed by atoms with van der Waals surface area (Å²) < 4.78 is 80.6. The van der Waals surface area contributed by atoms with Crippen LogP contribution in [0.4, 0.5) is 26.3 Å². The Hall–Kier alpha value is -3.86. The number of carbonyl (C=O) groups is 2. The monoisotopic (exact) mass is 589 g/mol. The van der Waals surface area contributed by atoms with Crippen LogP contribution in [-0.4, -0.2) is 71.8 Å². The Morgan fingerprint density at radius 1 is 0.619 bits per heavy atom. The summed E-state index contributed by atoms with van der Waals surface area (Å²) in [5, 5.41) is 0. The maximum Gasteiger partial charge on any atom is 0.416 e. The second kappa shape index (κ2) is 11.8. The van der Waals surface area contributed by atoms with E-state index in [0.717, 1.165) is 5.56 Å². The van der Waals surface area contributed by atoms with Crippen molar-refractivity contribution in [2.75, 3.05) is 39.3 Å². The van der Waals surface area contributed by atoms with Crippen LogP contribution in [0.15, 0.2) is 78.9 Å². The Morgan fingerprint density at radius 3 is 1.69 bits per heavy atom. The van der Waals surface area contributed by atoms with Crippen LogP contribution >= 0.6 is 0 Å². The molecule has 0 saturated carbocycles. The van der Waals surface area contributed by atoms with Crippen LogP contribution in [0, 0.1) is 0 Å². The van der Waals surface area contributed by atoms with Gasteiger partial charge in [-0.3, -0.25) is 14.5 Å². The van der Waals surface area contributed by atoms with Gasteiger partial charge >= 0.3 is 12.4 Å².